The van der Waals surface area contributed by atoms with Crippen molar-refractivity contribution in [1.29, 1.82) is 0 Å². The average molecular weight is 300 g/mol. The van der Waals surface area contributed by atoms with Gasteiger partial charge in [0, 0.05) is 19.1 Å². The zero-order chi connectivity index (χ0) is 12.4. The van der Waals surface area contributed by atoms with Crippen LogP contribution in [-0.2, 0) is 19.5 Å². The van der Waals surface area contributed by atoms with E-state index in [2.05, 4.69) is 51.8 Å². The van der Waals surface area contributed by atoms with Gasteiger partial charge in [-0.3, -0.25) is 4.68 Å². The molecule has 0 unspecified atom stereocenters. The fraction of sp³-hybridized carbons (Fsp3) is 0.769. The minimum atomic E-state index is 0.710. The van der Waals surface area contributed by atoms with E-state index in [0.29, 0.717) is 6.04 Å². The first-order chi connectivity index (χ1) is 8.15. The van der Waals surface area contributed by atoms with Gasteiger partial charge >= 0.3 is 0 Å². The van der Waals surface area contributed by atoms with Crippen molar-refractivity contribution in [2.75, 3.05) is 0 Å². The SMILES string of the molecule is CCc1nn(CC)c(CNC2CC(C)C2)c1Br. The van der Waals surface area contributed by atoms with Gasteiger partial charge in [-0.05, 0) is 48.0 Å². The second kappa shape index (κ2) is 5.53. The molecule has 1 heterocycles. The number of rotatable bonds is 5. The molecule has 0 bridgehead atoms. The summed E-state index contributed by atoms with van der Waals surface area (Å²) in [6.45, 7) is 8.49. The monoisotopic (exact) mass is 299 g/mol. The number of halogens is 1. The number of aromatic nitrogens is 2. The molecule has 0 spiro atoms. The fourth-order valence-corrected chi connectivity index (χ4v) is 3.20. The molecule has 1 aromatic heterocycles. The molecule has 17 heavy (non-hydrogen) atoms. The summed E-state index contributed by atoms with van der Waals surface area (Å²) in [5.41, 5.74) is 2.47. The predicted octanol–water partition coefficient (Wildman–Crippen LogP) is 3.12. The summed E-state index contributed by atoms with van der Waals surface area (Å²) in [6, 6.07) is 0.710. The van der Waals surface area contributed by atoms with Crippen molar-refractivity contribution in [2.45, 2.75) is 59.2 Å². The summed E-state index contributed by atoms with van der Waals surface area (Å²) in [4.78, 5) is 0. The minimum Gasteiger partial charge on any atom is -0.308 e. The van der Waals surface area contributed by atoms with E-state index in [1.807, 2.05) is 0 Å². The normalized spacial score (nSPS) is 23.8. The van der Waals surface area contributed by atoms with Gasteiger partial charge in [-0.1, -0.05) is 13.8 Å². The number of aryl methyl sites for hydroxylation is 2. The van der Waals surface area contributed by atoms with Crippen LogP contribution in [0, 0.1) is 5.92 Å². The van der Waals surface area contributed by atoms with Crippen molar-refractivity contribution in [1.82, 2.24) is 15.1 Å². The molecule has 1 saturated carbocycles. The number of hydrogen-bond acceptors (Lipinski definition) is 2. The van der Waals surface area contributed by atoms with Gasteiger partial charge in [0.1, 0.15) is 0 Å². The first kappa shape index (κ1) is 13.1. The van der Waals surface area contributed by atoms with Gasteiger partial charge in [-0.15, -0.1) is 0 Å². The van der Waals surface area contributed by atoms with Crippen molar-refractivity contribution in [3.8, 4) is 0 Å². The Balaban J connectivity index is 2.01. The molecule has 1 aliphatic carbocycles. The Labute approximate surface area is 112 Å². The van der Waals surface area contributed by atoms with Crippen LogP contribution in [0.2, 0.25) is 0 Å². The second-order valence-corrected chi connectivity index (χ2v) is 5.82. The molecule has 2 rings (SSSR count). The highest BCUT2D eigenvalue weighted by Crippen LogP contribution is 2.28. The Bertz CT molecular complexity index is 380. The highest BCUT2D eigenvalue weighted by atomic mass is 79.9. The van der Waals surface area contributed by atoms with Crippen LogP contribution in [0.3, 0.4) is 0 Å². The number of nitrogens with zero attached hydrogens (tertiary/aromatic N) is 2. The van der Waals surface area contributed by atoms with Crippen LogP contribution >= 0.6 is 15.9 Å². The molecule has 4 heteroatoms. The number of nitrogens with one attached hydrogen (secondary N) is 1. The molecule has 1 aromatic rings. The molecular weight excluding hydrogens is 278 g/mol. The lowest BCUT2D eigenvalue weighted by Gasteiger charge is -2.33. The van der Waals surface area contributed by atoms with E-state index in [4.69, 9.17) is 0 Å². The summed E-state index contributed by atoms with van der Waals surface area (Å²) in [7, 11) is 0. The second-order valence-electron chi connectivity index (χ2n) is 5.03. The largest absolute Gasteiger partial charge is 0.308 e. The molecule has 1 fully saturated rings. The third kappa shape index (κ3) is 2.74. The lowest BCUT2D eigenvalue weighted by Crippen LogP contribution is -2.40. The summed E-state index contributed by atoms with van der Waals surface area (Å²) in [5.74, 6) is 0.901. The third-order valence-electron chi connectivity index (χ3n) is 3.63. The van der Waals surface area contributed by atoms with Crippen molar-refractivity contribution in [2.24, 2.45) is 5.92 Å². The average Bonchev–Trinajstić information content (AvgIpc) is 2.59. The summed E-state index contributed by atoms with van der Waals surface area (Å²) < 4.78 is 3.31. The van der Waals surface area contributed by atoms with Crippen molar-refractivity contribution in [3.63, 3.8) is 0 Å². The van der Waals surface area contributed by atoms with Crippen LogP contribution in [0.5, 0.6) is 0 Å². The Morgan fingerprint density at radius 3 is 2.65 bits per heavy atom. The lowest BCUT2D eigenvalue weighted by molar-refractivity contribution is 0.238. The van der Waals surface area contributed by atoms with Crippen LogP contribution in [0.1, 0.15) is 45.0 Å². The Kier molecular flexibility index (Phi) is 4.26. The van der Waals surface area contributed by atoms with Crippen molar-refractivity contribution >= 4 is 15.9 Å². The van der Waals surface area contributed by atoms with Gasteiger partial charge in [0.2, 0.25) is 0 Å². The molecule has 0 radical (unpaired) electrons. The van der Waals surface area contributed by atoms with Crippen molar-refractivity contribution in [3.05, 3.63) is 15.9 Å². The molecular formula is C13H22BrN3. The third-order valence-corrected chi connectivity index (χ3v) is 4.54. The zero-order valence-electron chi connectivity index (χ0n) is 11.0. The van der Waals surface area contributed by atoms with E-state index < -0.39 is 0 Å². The molecule has 0 amide bonds. The zero-order valence-corrected chi connectivity index (χ0v) is 12.5. The fourth-order valence-electron chi connectivity index (χ4n) is 2.50. The van der Waals surface area contributed by atoms with Gasteiger partial charge < -0.3 is 5.32 Å². The standard InChI is InChI=1S/C13H22BrN3/c1-4-11-13(14)12(17(5-2)16-11)8-15-10-6-9(3)7-10/h9-10,15H,4-8H2,1-3H3. The Hall–Kier alpha value is -0.350. The molecule has 0 saturated heterocycles. The van der Waals surface area contributed by atoms with E-state index in [9.17, 15) is 0 Å². The van der Waals surface area contributed by atoms with Gasteiger partial charge in [-0.25, -0.2) is 0 Å². The molecule has 3 nitrogen and oxygen atoms in total. The number of hydrogen-bond donors (Lipinski definition) is 1. The molecule has 0 atom stereocenters. The van der Waals surface area contributed by atoms with Crippen LogP contribution < -0.4 is 5.32 Å². The van der Waals surface area contributed by atoms with Gasteiger partial charge in [0.15, 0.2) is 0 Å². The molecule has 1 aliphatic rings. The van der Waals surface area contributed by atoms with Gasteiger partial charge in [0.05, 0.1) is 15.9 Å². The first-order valence-electron chi connectivity index (χ1n) is 6.63. The van der Waals surface area contributed by atoms with Crippen LogP contribution in [0.4, 0.5) is 0 Å². The van der Waals surface area contributed by atoms with E-state index in [1.54, 1.807) is 0 Å². The molecule has 0 aromatic carbocycles. The lowest BCUT2D eigenvalue weighted by atomic mass is 9.82. The molecule has 0 aliphatic heterocycles. The summed E-state index contributed by atoms with van der Waals surface area (Å²) in [6.07, 6.45) is 3.62. The van der Waals surface area contributed by atoms with E-state index in [0.717, 1.165) is 25.4 Å². The smallest absolute Gasteiger partial charge is 0.0767 e. The van der Waals surface area contributed by atoms with Crippen LogP contribution in [0.15, 0.2) is 4.47 Å². The molecule has 96 valence electrons. The predicted molar refractivity (Wildman–Crippen MR) is 74.0 cm³/mol. The van der Waals surface area contributed by atoms with Crippen LogP contribution in [-0.4, -0.2) is 15.8 Å². The van der Waals surface area contributed by atoms with E-state index in [1.165, 1.54) is 28.7 Å². The van der Waals surface area contributed by atoms with Gasteiger partial charge in [0.25, 0.3) is 0 Å². The molecule has 1 N–H and O–H groups in total. The highest BCUT2D eigenvalue weighted by molar-refractivity contribution is 9.10. The van der Waals surface area contributed by atoms with Gasteiger partial charge in [-0.2, -0.15) is 5.10 Å². The first-order valence-corrected chi connectivity index (χ1v) is 7.42. The Morgan fingerprint density at radius 1 is 1.41 bits per heavy atom. The maximum Gasteiger partial charge on any atom is 0.0767 e. The Morgan fingerprint density at radius 2 is 2.12 bits per heavy atom. The van der Waals surface area contributed by atoms with E-state index >= 15 is 0 Å². The topological polar surface area (TPSA) is 29.9 Å². The maximum atomic E-state index is 4.61. The van der Waals surface area contributed by atoms with E-state index in [-0.39, 0.29) is 0 Å². The summed E-state index contributed by atoms with van der Waals surface area (Å²) in [5, 5.41) is 8.24. The maximum absolute atomic E-state index is 4.61. The van der Waals surface area contributed by atoms with Crippen molar-refractivity contribution < 1.29 is 0 Å². The minimum absolute atomic E-state index is 0.710. The summed E-state index contributed by atoms with van der Waals surface area (Å²) >= 11 is 3.68. The highest BCUT2D eigenvalue weighted by Gasteiger charge is 2.25. The van der Waals surface area contributed by atoms with Crippen LogP contribution in [0.25, 0.3) is 0 Å². The quantitative estimate of drug-likeness (QED) is 0.905.